The molecule has 19 heavy (non-hydrogen) atoms. The van der Waals surface area contributed by atoms with Gasteiger partial charge in [-0.15, -0.1) is 11.8 Å². The molecule has 0 aromatic heterocycles. The molecule has 0 spiro atoms. The third kappa shape index (κ3) is 3.90. The van der Waals surface area contributed by atoms with Crippen molar-refractivity contribution >= 4 is 29.1 Å². The van der Waals surface area contributed by atoms with Gasteiger partial charge in [-0.25, -0.2) is 0 Å². The average Bonchev–Trinajstić information content (AvgIpc) is 2.45. The summed E-state index contributed by atoms with van der Waals surface area (Å²) >= 11 is 7.51. The van der Waals surface area contributed by atoms with Gasteiger partial charge in [-0.3, -0.25) is 0 Å². The van der Waals surface area contributed by atoms with Crippen molar-refractivity contribution in [2.45, 2.75) is 11.0 Å². The largest absolute Gasteiger partial charge is 0.387 e. The molecule has 0 aliphatic heterocycles. The Bertz CT molecular complexity index is 530. The number of hydrogen-bond acceptors (Lipinski definition) is 3. The molecule has 2 rings (SSSR count). The minimum atomic E-state index is -0.549. The highest BCUT2D eigenvalue weighted by molar-refractivity contribution is 7.98. The normalized spacial score (nSPS) is 12.2. The summed E-state index contributed by atoms with van der Waals surface area (Å²) in [5.74, 6) is 0. The van der Waals surface area contributed by atoms with Crippen LogP contribution in [0.3, 0.4) is 0 Å². The van der Waals surface area contributed by atoms with Gasteiger partial charge in [0.2, 0.25) is 0 Å². The Morgan fingerprint density at radius 1 is 1.16 bits per heavy atom. The lowest BCUT2D eigenvalue weighted by molar-refractivity contribution is 0.191. The highest BCUT2D eigenvalue weighted by Crippen LogP contribution is 2.25. The molecule has 0 aliphatic rings. The number of aliphatic hydroxyl groups excluding tert-OH is 1. The first-order valence-electron chi connectivity index (χ1n) is 6.01. The molecular formula is C15H16ClNOS. The van der Waals surface area contributed by atoms with Gasteiger partial charge >= 0.3 is 0 Å². The summed E-state index contributed by atoms with van der Waals surface area (Å²) in [5.41, 5.74) is 1.90. The van der Waals surface area contributed by atoms with Gasteiger partial charge in [0, 0.05) is 22.2 Å². The molecule has 1 atom stereocenters. The number of aliphatic hydroxyl groups is 1. The number of hydrogen-bond donors (Lipinski definition) is 2. The van der Waals surface area contributed by atoms with Crippen LogP contribution in [0.1, 0.15) is 11.7 Å². The number of nitrogens with one attached hydrogen (secondary N) is 1. The van der Waals surface area contributed by atoms with Crippen molar-refractivity contribution < 1.29 is 5.11 Å². The highest BCUT2D eigenvalue weighted by Gasteiger charge is 2.08. The third-order valence-corrected chi connectivity index (χ3v) is 3.90. The Morgan fingerprint density at radius 2 is 1.84 bits per heavy atom. The second-order valence-electron chi connectivity index (χ2n) is 4.15. The lowest BCUT2D eigenvalue weighted by atomic mass is 10.1. The van der Waals surface area contributed by atoms with Crippen LogP contribution < -0.4 is 5.32 Å². The highest BCUT2D eigenvalue weighted by atomic mass is 35.5. The Balaban J connectivity index is 2.00. The van der Waals surface area contributed by atoms with E-state index >= 15 is 0 Å². The molecule has 2 nitrogen and oxygen atoms in total. The van der Waals surface area contributed by atoms with Crippen molar-refractivity contribution in [1.82, 2.24) is 0 Å². The van der Waals surface area contributed by atoms with E-state index in [-0.39, 0.29) is 0 Å². The molecule has 0 heterocycles. The van der Waals surface area contributed by atoms with E-state index in [1.165, 1.54) is 4.90 Å². The minimum absolute atomic E-state index is 0.471. The first kappa shape index (κ1) is 14.3. The van der Waals surface area contributed by atoms with Crippen molar-refractivity contribution in [3.05, 3.63) is 59.1 Å². The fourth-order valence-corrected chi connectivity index (χ4v) is 2.50. The number of anilines is 1. The average molecular weight is 294 g/mol. The Hall–Kier alpha value is -1.16. The van der Waals surface area contributed by atoms with E-state index in [0.717, 1.165) is 11.3 Å². The second kappa shape index (κ2) is 6.85. The van der Waals surface area contributed by atoms with E-state index in [1.54, 1.807) is 23.9 Å². The molecule has 0 bridgehead atoms. The summed E-state index contributed by atoms with van der Waals surface area (Å²) in [6.45, 7) is 0.471. The zero-order valence-electron chi connectivity index (χ0n) is 10.6. The second-order valence-corrected chi connectivity index (χ2v) is 5.43. The van der Waals surface area contributed by atoms with E-state index in [9.17, 15) is 5.11 Å². The van der Waals surface area contributed by atoms with Gasteiger partial charge < -0.3 is 10.4 Å². The van der Waals surface area contributed by atoms with Gasteiger partial charge in [0.05, 0.1) is 6.10 Å². The van der Waals surface area contributed by atoms with Crippen LogP contribution in [-0.2, 0) is 0 Å². The molecule has 1 unspecified atom stereocenters. The zero-order chi connectivity index (χ0) is 13.7. The monoisotopic (exact) mass is 293 g/mol. The van der Waals surface area contributed by atoms with Crippen LogP contribution in [0.15, 0.2) is 53.4 Å². The van der Waals surface area contributed by atoms with Crippen LogP contribution >= 0.6 is 23.4 Å². The van der Waals surface area contributed by atoms with E-state index in [4.69, 9.17) is 11.6 Å². The van der Waals surface area contributed by atoms with Gasteiger partial charge in [-0.2, -0.15) is 0 Å². The zero-order valence-corrected chi connectivity index (χ0v) is 12.2. The van der Waals surface area contributed by atoms with Crippen molar-refractivity contribution in [3.8, 4) is 0 Å². The first-order chi connectivity index (χ1) is 9.20. The molecule has 100 valence electrons. The topological polar surface area (TPSA) is 32.3 Å². The number of thioether (sulfide) groups is 1. The van der Waals surface area contributed by atoms with Gasteiger partial charge in [0.15, 0.2) is 0 Å². The molecule has 0 aliphatic carbocycles. The van der Waals surface area contributed by atoms with Crippen LogP contribution in [-0.4, -0.2) is 17.9 Å². The first-order valence-corrected chi connectivity index (χ1v) is 7.61. The molecule has 0 fully saturated rings. The van der Waals surface area contributed by atoms with Crippen molar-refractivity contribution in [1.29, 1.82) is 0 Å². The molecule has 0 amide bonds. The molecule has 2 aromatic rings. The third-order valence-electron chi connectivity index (χ3n) is 2.85. The number of benzene rings is 2. The lowest BCUT2D eigenvalue weighted by Crippen LogP contribution is -2.12. The van der Waals surface area contributed by atoms with Crippen LogP contribution in [0.4, 0.5) is 5.69 Å². The predicted octanol–water partition coefficient (Wildman–Crippen LogP) is 4.21. The Labute approximate surface area is 122 Å². The van der Waals surface area contributed by atoms with Crippen molar-refractivity contribution in [2.75, 3.05) is 18.1 Å². The summed E-state index contributed by atoms with van der Waals surface area (Å²) in [4.78, 5) is 1.17. The number of halogens is 1. The van der Waals surface area contributed by atoms with E-state index in [1.807, 2.05) is 36.6 Å². The van der Waals surface area contributed by atoms with Crippen LogP contribution in [0.5, 0.6) is 0 Å². The maximum Gasteiger partial charge on any atom is 0.0962 e. The van der Waals surface area contributed by atoms with E-state index < -0.39 is 6.10 Å². The van der Waals surface area contributed by atoms with Gasteiger partial charge in [0.1, 0.15) is 0 Å². The predicted molar refractivity (Wildman–Crippen MR) is 83.1 cm³/mol. The molecule has 0 saturated carbocycles. The van der Waals surface area contributed by atoms with Crippen molar-refractivity contribution in [2.24, 2.45) is 0 Å². The maximum absolute atomic E-state index is 10.1. The fraction of sp³-hybridized carbons (Fsp3) is 0.200. The molecule has 0 saturated heterocycles. The maximum atomic E-state index is 10.1. The quantitative estimate of drug-likeness (QED) is 0.810. The molecule has 2 aromatic carbocycles. The number of rotatable bonds is 5. The SMILES string of the molecule is CSc1ccccc1NCC(O)c1ccc(Cl)cc1. The molecule has 4 heteroatoms. The van der Waals surface area contributed by atoms with Crippen molar-refractivity contribution in [3.63, 3.8) is 0 Å². The Kier molecular flexibility index (Phi) is 5.14. The smallest absolute Gasteiger partial charge is 0.0962 e. The summed E-state index contributed by atoms with van der Waals surface area (Å²) < 4.78 is 0. The lowest BCUT2D eigenvalue weighted by Gasteiger charge is -2.15. The van der Waals surface area contributed by atoms with Crippen LogP contribution in [0.25, 0.3) is 0 Å². The molecule has 0 radical (unpaired) electrons. The van der Waals surface area contributed by atoms with Crippen LogP contribution in [0.2, 0.25) is 5.02 Å². The summed E-state index contributed by atoms with van der Waals surface area (Å²) in [6.07, 6.45) is 1.49. The van der Waals surface area contributed by atoms with Gasteiger partial charge in [-0.05, 0) is 36.1 Å². The molecular weight excluding hydrogens is 278 g/mol. The Morgan fingerprint density at radius 3 is 2.53 bits per heavy atom. The number of para-hydroxylation sites is 1. The minimum Gasteiger partial charge on any atom is -0.387 e. The fourth-order valence-electron chi connectivity index (χ4n) is 1.80. The summed E-state index contributed by atoms with van der Waals surface area (Å²) in [7, 11) is 0. The van der Waals surface area contributed by atoms with E-state index in [0.29, 0.717) is 11.6 Å². The summed E-state index contributed by atoms with van der Waals surface area (Å²) in [6, 6.07) is 15.3. The van der Waals surface area contributed by atoms with Gasteiger partial charge in [-0.1, -0.05) is 35.9 Å². The summed E-state index contributed by atoms with van der Waals surface area (Å²) in [5, 5.41) is 14.1. The van der Waals surface area contributed by atoms with Gasteiger partial charge in [0.25, 0.3) is 0 Å². The van der Waals surface area contributed by atoms with E-state index in [2.05, 4.69) is 11.4 Å². The molecule has 2 N–H and O–H groups in total. The van der Waals surface area contributed by atoms with Crippen LogP contribution in [0, 0.1) is 0 Å². The standard InChI is InChI=1S/C15H16ClNOS/c1-19-15-5-3-2-4-13(15)17-10-14(18)11-6-8-12(16)9-7-11/h2-9,14,17-18H,10H2,1H3.